The van der Waals surface area contributed by atoms with E-state index in [1.54, 1.807) is 4.68 Å². The van der Waals surface area contributed by atoms with Crippen molar-refractivity contribution in [3.63, 3.8) is 0 Å². The van der Waals surface area contributed by atoms with Crippen molar-refractivity contribution in [2.75, 3.05) is 11.9 Å². The lowest BCUT2D eigenvalue weighted by Gasteiger charge is -2.17. The number of aromatic nitrogens is 2. The molecule has 0 amide bonds. The fourth-order valence-corrected chi connectivity index (χ4v) is 2.93. The smallest absolute Gasteiger partial charge is 0.151 e. The normalized spacial score (nSPS) is 15.1. The predicted octanol–water partition coefficient (Wildman–Crippen LogP) is 4.20. The van der Waals surface area contributed by atoms with Crippen molar-refractivity contribution in [3.8, 4) is 5.69 Å². The summed E-state index contributed by atoms with van der Waals surface area (Å²) in [5.41, 5.74) is 2.27. The van der Waals surface area contributed by atoms with Crippen LogP contribution in [0.15, 0.2) is 18.2 Å². The maximum Gasteiger partial charge on any atom is 0.151 e. The van der Waals surface area contributed by atoms with Gasteiger partial charge in [0.2, 0.25) is 0 Å². The molecule has 1 aromatic heterocycles. The molecule has 3 rings (SSSR count). The van der Waals surface area contributed by atoms with E-state index in [1.165, 1.54) is 12.1 Å². The summed E-state index contributed by atoms with van der Waals surface area (Å²) >= 11 is 0. The van der Waals surface area contributed by atoms with Crippen molar-refractivity contribution in [2.24, 2.45) is 0 Å². The topological polar surface area (TPSA) is 29.9 Å². The second-order valence-corrected chi connectivity index (χ2v) is 6.82. The first-order valence-electron chi connectivity index (χ1n) is 7.69. The number of benzene rings is 1. The van der Waals surface area contributed by atoms with Crippen LogP contribution in [0.1, 0.15) is 44.9 Å². The molecule has 3 nitrogen and oxygen atoms in total. The number of fused-ring (bicyclic) bond motifs is 1. The summed E-state index contributed by atoms with van der Waals surface area (Å²) in [6, 6.07) is 3.60. The Morgan fingerprint density at radius 1 is 1.18 bits per heavy atom. The molecule has 0 radical (unpaired) electrons. The van der Waals surface area contributed by atoms with E-state index in [-0.39, 0.29) is 11.1 Å². The maximum atomic E-state index is 14.2. The Hall–Kier alpha value is -1.91. The van der Waals surface area contributed by atoms with E-state index in [9.17, 15) is 8.78 Å². The number of rotatable bonds is 1. The Morgan fingerprint density at radius 3 is 2.64 bits per heavy atom. The van der Waals surface area contributed by atoms with E-state index < -0.39 is 11.6 Å². The Bertz CT molecular complexity index is 699. The number of nitrogens with zero attached hydrogens (tertiary/aromatic N) is 2. The zero-order chi connectivity index (χ0) is 15.9. The lowest BCUT2D eigenvalue weighted by Crippen LogP contribution is -2.15. The van der Waals surface area contributed by atoms with E-state index in [0.29, 0.717) is 0 Å². The second kappa shape index (κ2) is 5.38. The van der Waals surface area contributed by atoms with Gasteiger partial charge in [0.25, 0.3) is 0 Å². The van der Waals surface area contributed by atoms with Gasteiger partial charge in [-0.2, -0.15) is 5.10 Å². The zero-order valence-corrected chi connectivity index (χ0v) is 13.2. The molecule has 118 valence electrons. The first kappa shape index (κ1) is 15.0. The Morgan fingerprint density at radius 2 is 1.95 bits per heavy atom. The van der Waals surface area contributed by atoms with Crippen LogP contribution in [-0.4, -0.2) is 16.3 Å². The monoisotopic (exact) mass is 305 g/mol. The van der Waals surface area contributed by atoms with Gasteiger partial charge >= 0.3 is 0 Å². The van der Waals surface area contributed by atoms with Crippen LogP contribution in [0.25, 0.3) is 5.69 Å². The summed E-state index contributed by atoms with van der Waals surface area (Å²) in [4.78, 5) is 0. The molecule has 0 aliphatic carbocycles. The van der Waals surface area contributed by atoms with Gasteiger partial charge in [0.05, 0.1) is 5.69 Å². The molecule has 5 heteroatoms. The van der Waals surface area contributed by atoms with Crippen molar-refractivity contribution in [3.05, 3.63) is 41.1 Å². The fourth-order valence-electron chi connectivity index (χ4n) is 2.93. The minimum atomic E-state index is -0.600. The minimum Gasteiger partial charge on any atom is -0.370 e. The van der Waals surface area contributed by atoms with Crippen LogP contribution in [0.2, 0.25) is 0 Å². The largest absolute Gasteiger partial charge is 0.370 e. The summed E-state index contributed by atoms with van der Waals surface area (Å²) < 4.78 is 29.0. The van der Waals surface area contributed by atoms with Crippen LogP contribution < -0.4 is 5.32 Å². The average Bonchev–Trinajstić information content (AvgIpc) is 2.63. The van der Waals surface area contributed by atoms with Gasteiger partial charge in [0.1, 0.15) is 17.3 Å². The molecule has 0 unspecified atom stereocenters. The third-order valence-electron chi connectivity index (χ3n) is 3.98. The summed E-state index contributed by atoms with van der Waals surface area (Å²) in [7, 11) is 0. The van der Waals surface area contributed by atoms with Gasteiger partial charge in [-0.15, -0.1) is 0 Å². The van der Waals surface area contributed by atoms with Gasteiger partial charge in [0.15, 0.2) is 5.82 Å². The molecule has 1 aliphatic heterocycles. The highest BCUT2D eigenvalue weighted by molar-refractivity contribution is 5.55. The number of nitrogens with one attached hydrogen (secondary N) is 1. The van der Waals surface area contributed by atoms with Crippen molar-refractivity contribution in [1.29, 1.82) is 0 Å². The molecule has 0 fully saturated rings. The number of hydrogen-bond acceptors (Lipinski definition) is 2. The molecule has 2 heterocycles. The number of anilines is 1. The molecule has 0 bridgehead atoms. The summed E-state index contributed by atoms with van der Waals surface area (Å²) in [5, 5.41) is 8.02. The third-order valence-corrected chi connectivity index (χ3v) is 3.98. The van der Waals surface area contributed by atoms with Crippen LogP contribution in [0, 0.1) is 11.6 Å². The van der Waals surface area contributed by atoms with Crippen molar-refractivity contribution >= 4 is 5.82 Å². The second-order valence-electron chi connectivity index (χ2n) is 6.82. The Kier molecular flexibility index (Phi) is 3.67. The number of hydrogen-bond donors (Lipinski definition) is 1. The lowest BCUT2D eigenvalue weighted by atomic mass is 9.88. The Labute approximate surface area is 129 Å². The molecule has 0 spiro atoms. The van der Waals surface area contributed by atoms with Crippen LogP contribution in [0.4, 0.5) is 14.6 Å². The van der Waals surface area contributed by atoms with E-state index in [4.69, 9.17) is 0 Å². The first-order valence-corrected chi connectivity index (χ1v) is 7.69. The molecular formula is C17H21F2N3. The highest BCUT2D eigenvalue weighted by Crippen LogP contribution is 2.34. The van der Waals surface area contributed by atoms with Crippen LogP contribution >= 0.6 is 0 Å². The highest BCUT2D eigenvalue weighted by atomic mass is 19.1. The van der Waals surface area contributed by atoms with Gasteiger partial charge in [-0.25, -0.2) is 13.5 Å². The predicted molar refractivity (Wildman–Crippen MR) is 83.6 cm³/mol. The molecule has 2 aromatic rings. The van der Waals surface area contributed by atoms with E-state index in [2.05, 4.69) is 31.2 Å². The molecule has 0 saturated heterocycles. The standard InChI is InChI=1S/C17H21F2N3/c1-17(2,3)15-12-6-4-5-9-20-16(12)22(21-15)14-8-7-11(18)10-13(14)19/h7-8,10,20H,4-6,9H2,1-3H3. The molecule has 22 heavy (non-hydrogen) atoms. The third kappa shape index (κ3) is 2.60. The van der Waals surface area contributed by atoms with Crippen LogP contribution in [0.5, 0.6) is 0 Å². The summed E-state index contributed by atoms with van der Waals surface area (Å²) in [6.07, 6.45) is 3.09. The zero-order valence-electron chi connectivity index (χ0n) is 13.2. The van der Waals surface area contributed by atoms with E-state index >= 15 is 0 Å². The van der Waals surface area contributed by atoms with E-state index in [0.717, 1.165) is 48.9 Å². The van der Waals surface area contributed by atoms with Gasteiger partial charge in [-0.05, 0) is 31.4 Å². The average molecular weight is 305 g/mol. The van der Waals surface area contributed by atoms with E-state index in [1.807, 2.05) is 0 Å². The van der Waals surface area contributed by atoms with Gasteiger partial charge in [0, 0.05) is 23.6 Å². The van der Waals surface area contributed by atoms with Crippen molar-refractivity contribution < 1.29 is 8.78 Å². The van der Waals surface area contributed by atoms with Gasteiger partial charge < -0.3 is 5.32 Å². The van der Waals surface area contributed by atoms with Gasteiger partial charge in [-0.3, -0.25) is 0 Å². The highest BCUT2D eigenvalue weighted by Gasteiger charge is 2.28. The maximum absolute atomic E-state index is 14.2. The lowest BCUT2D eigenvalue weighted by molar-refractivity contribution is 0.545. The Balaban J connectivity index is 2.21. The molecule has 0 atom stereocenters. The summed E-state index contributed by atoms with van der Waals surface area (Å²) in [6.45, 7) is 7.15. The van der Waals surface area contributed by atoms with Crippen molar-refractivity contribution in [2.45, 2.75) is 45.4 Å². The molecular weight excluding hydrogens is 284 g/mol. The number of halogens is 2. The quantitative estimate of drug-likeness (QED) is 0.856. The van der Waals surface area contributed by atoms with Crippen molar-refractivity contribution in [1.82, 2.24) is 9.78 Å². The van der Waals surface area contributed by atoms with Crippen LogP contribution in [-0.2, 0) is 11.8 Å². The van der Waals surface area contributed by atoms with Gasteiger partial charge in [-0.1, -0.05) is 20.8 Å². The SMILES string of the molecule is CC(C)(C)c1nn(-c2ccc(F)cc2F)c2c1CCCCN2. The van der Waals surface area contributed by atoms with Crippen LogP contribution in [0.3, 0.4) is 0 Å². The molecule has 0 saturated carbocycles. The summed E-state index contributed by atoms with van der Waals surface area (Å²) in [5.74, 6) is -0.340. The molecule has 1 aromatic carbocycles. The molecule has 1 N–H and O–H groups in total. The molecule has 1 aliphatic rings. The fraction of sp³-hybridized carbons (Fsp3) is 0.471. The minimum absolute atomic E-state index is 0.127. The first-order chi connectivity index (χ1) is 10.4.